The highest BCUT2D eigenvalue weighted by atomic mass is 79.9. The van der Waals surface area contributed by atoms with Gasteiger partial charge in [0.1, 0.15) is 6.04 Å². The number of benzene rings is 3. The fourth-order valence-electron chi connectivity index (χ4n) is 5.75. The van der Waals surface area contributed by atoms with E-state index in [1.807, 2.05) is 50.2 Å². The van der Waals surface area contributed by atoms with Gasteiger partial charge in [-0.1, -0.05) is 38.1 Å². The molecule has 256 valence electrons. The maximum absolute atomic E-state index is 13.5. The van der Waals surface area contributed by atoms with E-state index in [1.165, 1.54) is 19.1 Å². The van der Waals surface area contributed by atoms with E-state index in [4.69, 9.17) is 4.74 Å². The molecule has 10 nitrogen and oxygen atoms in total. The van der Waals surface area contributed by atoms with E-state index in [-0.39, 0.29) is 29.0 Å². The molecule has 0 bridgehead atoms. The summed E-state index contributed by atoms with van der Waals surface area (Å²) in [7, 11) is -2.41. The topological polar surface area (TPSA) is 125 Å². The molecule has 2 aliphatic rings. The average molecular weight is 823 g/mol. The largest absolute Gasteiger partial charge is 0.468 e. The van der Waals surface area contributed by atoms with Crippen molar-refractivity contribution in [2.45, 2.75) is 62.3 Å². The van der Waals surface area contributed by atoms with Crippen LogP contribution in [-0.4, -0.2) is 59.0 Å². The molecule has 0 fully saturated rings. The third kappa shape index (κ3) is 8.33. The second kappa shape index (κ2) is 15.4. The minimum Gasteiger partial charge on any atom is -0.468 e. The molecule has 14 heteroatoms. The van der Waals surface area contributed by atoms with Crippen LogP contribution in [0.25, 0.3) is 0 Å². The van der Waals surface area contributed by atoms with Gasteiger partial charge in [-0.05, 0) is 116 Å². The number of hydrogen-bond acceptors (Lipinski definition) is 8. The normalized spacial score (nSPS) is 14.6. The summed E-state index contributed by atoms with van der Waals surface area (Å²) in [6, 6.07) is 14.2. The lowest BCUT2D eigenvalue weighted by Crippen LogP contribution is -2.35. The standard InChI is InChI=1S/C34H38Br2N4O6S2/c1-20(2)19-37-48(44,45)32-18-30-25(16-27(32)36)10-12-40(30)33(42)14-23-7-5-22(6-8-23)13-28(34(43)46-4)38-47-31-17-29-24(15-26(31)35)9-11-39(29)21(3)41/h5-8,15-18,20,28,37-38H,9-14,19H2,1-4H3/t28-/m0/s1. The Morgan fingerprint density at radius 1 is 0.917 bits per heavy atom. The Morgan fingerprint density at radius 2 is 1.52 bits per heavy atom. The van der Waals surface area contributed by atoms with E-state index >= 15 is 0 Å². The molecule has 2 aliphatic heterocycles. The molecule has 2 amide bonds. The highest BCUT2D eigenvalue weighted by Gasteiger charge is 2.30. The van der Waals surface area contributed by atoms with Gasteiger partial charge in [-0.25, -0.2) is 17.9 Å². The van der Waals surface area contributed by atoms with E-state index in [1.54, 1.807) is 28.9 Å². The zero-order valence-corrected chi connectivity index (χ0v) is 31.9. The summed E-state index contributed by atoms with van der Waals surface area (Å²) in [5.41, 5.74) is 5.18. The third-order valence-electron chi connectivity index (χ3n) is 8.32. The molecule has 0 saturated heterocycles. The highest BCUT2D eigenvalue weighted by molar-refractivity contribution is 9.10. The summed E-state index contributed by atoms with van der Waals surface area (Å²) in [6.45, 7) is 6.85. The van der Waals surface area contributed by atoms with E-state index < -0.39 is 22.0 Å². The van der Waals surface area contributed by atoms with E-state index in [0.29, 0.717) is 42.6 Å². The van der Waals surface area contributed by atoms with E-state index in [9.17, 15) is 22.8 Å². The maximum Gasteiger partial charge on any atom is 0.324 e. The van der Waals surface area contributed by atoms with Crippen molar-refractivity contribution < 1.29 is 27.5 Å². The molecule has 0 aliphatic carbocycles. The number of nitrogens with one attached hydrogen (secondary N) is 2. The number of hydrogen-bond donors (Lipinski definition) is 2. The minimum absolute atomic E-state index is 0.00859. The monoisotopic (exact) mass is 820 g/mol. The predicted octanol–water partition coefficient (Wildman–Crippen LogP) is 5.57. The second-order valence-corrected chi connectivity index (χ2v) is 16.6. The summed E-state index contributed by atoms with van der Waals surface area (Å²) >= 11 is 8.33. The van der Waals surface area contributed by atoms with Crippen LogP contribution in [0.4, 0.5) is 11.4 Å². The first kappa shape index (κ1) is 36.5. The lowest BCUT2D eigenvalue weighted by molar-refractivity contribution is -0.142. The van der Waals surface area contributed by atoms with Crippen LogP contribution in [0.15, 0.2) is 67.3 Å². The molecule has 1 atom stereocenters. The van der Waals surface area contributed by atoms with Crippen LogP contribution >= 0.6 is 43.8 Å². The first-order valence-corrected chi connectivity index (χ1v) is 19.5. The number of sulfonamides is 1. The number of methoxy groups -OCH3 is 1. The van der Waals surface area contributed by atoms with Crippen LogP contribution < -0.4 is 19.2 Å². The lowest BCUT2D eigenvalue weighted by Gasteiger charge is -2.20. The molecule has 3 aromatic carbocycles. The van der Waals surface area contributed by atoms with Crippen LogP contribution in [-0.2, 0) is 54.8 Å². The number of esters is 1. The first-order valence-electron chi connectivity index (χ1n) is 15.6. The summed E-state index contributed by atoms with van der Waals surface area (Å²) < 4.78 is 38.3. The van der Waals surface area contributed by atoms with Crippen molar-refractivity contribution >= 4 is 83.0 Å². The van der Waals surface area contributed by atoms with Crippen molar-refractivity contribution in [1.29, 1.82) is 0 Å². The minimum atomic E-state index is -3.76. The van der Waals surface area contributed by atoms with Gasteiger partial charge in [-0.3, -0.25) is 14.4 Å². The van der Waals surface area contributed by atoms with Gasteiger partial charge in [-0.15, -0.1) is 0 Å². The first-order chi connectivity index (χ1) is 22.8. The molecule has 3 aromatic rings. The molecule has 2 N–H and O–H groups in total. The van der Waals surface area contributed by atoms with Crippen molar-refractivity contribution in [2.75, 3.05) is 36.5 Å². The molecule has 5 rings (SSSR count). The van der Waals surface area contributed by atoms with Gasteiger partial charge < -0.3 is 14.5 Å². The number of fused-ring (bicyclic) bond motifs is 2. The quantitative estimate of drug-likeness (QED) is 0.180. The maximum atomic E-state index is 13.5. The molecular formula is C34H38Br2N4O6S2. The summed E-state index contributed by atoms with van der Waals surface area (Å²) in [4.78, 5) is 42.6. The van der Waals surface area contributed by atoms with Crippen molar-refractivity contribution in [3.63, 3.8) is 0 Å². The Morgan fingerprint density at radius 3 is 2.15 bits per heavy atom. The number of ether oxygens (including phenoxy) is 1. The van der Waals surface area contributed by atoms with Crippen LogP contribution in [0.3, 0.4) is 0 Å². The number of carbonyl (C=O) groups excluding carboxylic acids is 3. The summed E-state index contributed by atoms with van der Waals surface area (Å²) in [6.07, 6.45) is 1.92. The van der Waals surface area contributed by atoms with Crippen LogP contribution in [0.1, 0.15) is 43.0 Å². The van der Waals surface area contributed by atoms with E-state index in [2.05, 4.69) is 41.3 Å². The molecule has 0 unspecified atom stereocenters. The molecule has 0 radical (unpaired) electrons. The lowest BCUT2D eigenvalue weighted by atomic mass is 10.0. The number of nitrogens with zero attached hydrogens (tertiary/aromatic N) is 2. The van der Waals surface area contributed by atoms with Crippen LogP contribution in [0.5, 0.6) is 0 Å². The highest BCUT2D eigenvalue weighted by Crippen LogP contribution is 2.38. The van der Waals surface area contributed by atoms with Gasteiger partial charge >= 0.3 is 5.97 Å². The molecule has 0 spiro atoms. The smallest absolute Gasteiger partial charge is 0.324 e. The molecule has 48 heavy (non-hydrogen) atoms. The molecule has 0 saturated carbocycles. The van der Waals surface area contributed by atoms with Crippen molar-refractivity contribution in [3.05, 3.63) is 79.7 Å². The van der Waals surface area contributed by atoms with Gasteiger partial charge in [0, 0.05) is 51.8 Å². The van der Waals surface area contributed by atoms with E-state index in [0.717, 1.165) is 43.7 Å². The number of carbonyl (C=O) groups is 3. The van der Waals surface area contributed by atoms with Gasteiger partial charge in [0.25, 0.3) is 0 Å². The molecular weight excluding hydrogens is 784 g/mol. The van der Waals surface area contributed by atoms with Gasteiger partial charge in [0.15, 0.2) is 0 Å². The average Bonchev–Trinajstić information content (AvgIpc) is 3.65. The van der Waals surface area contributed by atoms with Gasteiger partial charge in [0.2, 0.25) is 21.8 Å². The second-order valence-electron chi connectivity index (χ2n) is 12.3. The van der Waals surface area contributed by atoms with Crippen molar-refractivity contribution in [3.8, 4) is 0 Å². The summed E-state index contributed by atoms with van der Waals surface area (Å²) in [5.74, 6) is -0.399. The van der Waals surface area contributed by atoms with Gasteiger partial charge in [-0.2, -0.15) is 0 Å². The zero-order chi connectivity index (χ0) is 34.7. The third-order valence-corrected chi connectivity index (χ3v) is 12.6. The fourth-order valence-corrected chi connectivity index (χ4v) is 9.48. The summed E-state index contributed by atoms with van der Waals surface area (Å²) in [5, 5.41) is 0. The van der Waals surface area contributed by atoms with Crippen molar-refractivity contribution in [1.82, 2.24) is 9.44 Å². The Kier molecular flexibility index (Phi) is 11.7. The molecule has 2 heterocycles. The number of amides is 2. The molecule has 0 aromatic heterocycles. The Bertz CT molecular complexity index is 1840. The SMILES string of the molecule is COC(=O)[C@H](Cc1ccc(CC(=O)N2CCc3cc(Br)c(S(=O)(=O)NCC(C)C)cc32)cc1)NSc1cc2c(cc1Br)CCN2C(C)=O. The van der Waals surface area contributed by atoms with Crippen molar-refractivity contribution in [2.24, 2.45) is 5.92 Å². The van der Waals surface area contributed by atoms with Crippen LogP contribution in [0.2, 0.25) is 0 Å². The number of halogens is 2. The number of anilines is 2. The number of rotatable bonds is 12. The van der Waals surface area contributed by atoms with Gasteiger partial charge in [0.05, 0.1) is 18.4 Å². The Balaban J connectivity index is 1.24. The predicted molar refractivity (Wildman–Crippen MR) is 195 cm³/mol. The zero-order valence-electron chi connectivity index (χ0n) is 27.1. The fraction of sp³-hybridized carbons (Fsp3) is 0.382. The Labute approximate surface area is 302 Å². The van der Waals surface area contributed by atoms with Crippen LogP contribution in [0, 0.1) is 5.92 Å². The Hall–Kier alpha value is -2.75.